The first-order valence-corrected chi connectivity index (χ1v) is 17.5. The third kappa shape index (κ3) is 10.0. The van der Waals surface area contributed by atoms with Crippen LogP contribution in [0.15, 0.2) is 83.3 Å². The fraction of sp³-hybridized carbons (Fsp3) is 0.425. The highest BCUT2D eigenvalue weighted by Crippen LogP contribution is 2.29. The smallest absolute Gasteiger partial charge is 0.410 e. The highest BCUT2D eigenvalue weighted by Gasteiger charge is 2.30. The quantitative estimate of drug-likeness (QED) is 0.144. The molecule has 1 saturated heterocycles. The van der Waals surface area contributed by atoms with Gasteiger partial charge in [-0.05, 0) is 81.2 Å². The summed E-state index contributed by atoms with van der Waals surface area (Å²) < 4.78 is 11.4. The Balaban J connectivity index is 1.07. The van der Waals surface area contributed by atoms with E-state index in [0.29, 0.717) is 69.4 Å². The first-order valence-electron chi connectivity index (χ1n) is 17.5. The van der Waals surface area contributed by atoms with E-state index in [2.05, 4.69) is 15.6 Å². The number of Topliss-reactive ketones (excluding diaryl/α,β-unsaturated/α-hetero) is 1. The van der Waals surface area contributed by atoms with Gasteiger partial charge in [0.1, 0.15) is 11.1 Å². The van der Waals surface area contributed by atoms with Gasteiger partial charge < -0.3 is 24.7 Å². The minimum absolute atomic E-state index is 0.0160. The summed E-state index contributed by atoms with van der Waals surface area (Å²) in [4.78, 5) is 57.9. The van der Waals surface area contributed by atoms with E-state index in [-0.39, 0.29) is 41.4 Å². The second kappa shape index (κ2) is 16.6. The van der Waals surface area contributed by atoms with E-state index in [1.54, 1.807) is 4.90 Å². The number of amides is 3. The van der Waals surface area contributed by atoms with E-state index in [4.69, 9.17) is 9.15 Å². The van der Waals surface area contributed by atoms with Crippen LogP contribution in [0.1, 0.15) is 82.0 Å². The summed E-state index contributed by atoms with van der Waals surface area (Å²) in [6, 6.07) is 25.2. The number of piperidine rings is 1. The Hall–Kier alpha value is -4.99. The Bertz CT molecular complexity index is 1760. The Morgan fingerprint density at radius 1 is 0.880 bits per heavy atom. The maximum atomic E-state index is 13.8. The molecule has 5 rings (SSSR count). The molecule has 2 N–H and O–H groups in total. The molecule has 10 nitrogen and oxygen atoms in total. The molecule has 1 fully saturated rings. The summed E-state index contributed by atoms with van der Waals surface area (Å²) in [5.74, 6) is -0.935. The lowest BCUT2D eigenvalue weighted by atomic mass is 9.91. The standard InChI is InChI=1S/C40H48N4O6/c1-27(17-21-42-37(47)30-19-23-44(24-20-30)39(48)50-40(2,3)4)25-35(45)41-22-18-32(29-13-9-6-10-14-29)36(46)38-43-33-26-31(15-16-34(33)49-38)28-11-7-5-8-12-28/h5-16,26-27,30,32H,17-25H2,1-4H3,(H,41,45)(H,42,47). The minimum atomic E-state index is -0.550. The zero-order valence-electron chi connectivity index (χ0n) is 29.4. The molecule has 1 aliphatic heterocycles. The number of rotatable bonds is 13. The Kier molecular flexibility index (Phi) is 12.1. The van der Waals surface area contributed by atoms with Crippen LogP contribution >= 0.6 is 0 Å². The van der Waals surface area contributed by atoms with E-state index in [1.807, 2.05) is 107 Å². The lowest BCUT2D eigenvalue weighted by Gasteiger charge is -2.33. The van der Waals surface area contributed by atoms with Crippen molar-refractivity contribution in [1.82, 2.24) is 20.5 Å². The predicted molar refractivity (Wildman–Crippen MR) is 193 cm³/mol. The number of benzene rings is 3. The largest absolute Gasteiger partial charge is 0.444 e. The second-order valence-electron chi connectivity index (χ2n) is 14.2. The molecule has 4 aromatic rings. The number of hydrogen-bond acceptors (Lipinski definition) is 7. The maximum Gasteiger partial charge on any atom is 0.410 e. The van der Waals surface area contributed by atoms with E-state index in [1.165, 1.54) is 0 Å². The van der Waals surface area contributed by atoms with Crippen molar-refractivity contribution in [2.45, 2.75) is 71.3 Å². The predicted octanol–water partition coefficient (Wildman–Crippen LogP) is 7.15. The van der Waals surface area contributed by atoms with E-state index < -0.39 is 11.5 Å². The fourth-order valence-electron chi connectivity index (χ4n) is 6.21. The van der Waals surface area contributed by atoms with Gasteiger partial charge in [0.05, 0.1) is 5.92 Å². The highest BCUT2D eigenvalue weighted by molar-refractivity contribution is 5.99. The van der Waals surface area contributed by atoms with Gasteiger partial charge in [0.25, 0.3) is 5.89 Å². The summed E-state index contributed by atoms with van der Waals surface area (Å²) >= 11 is 0. The average Bonchev–Trinajstić information content (AvgIpc) is 3.54. The van der Waals surface area contributed by atoms with E-state index in [9.17, 15) is 19.2 Å². The van der Waals surface area contributed by atoms with Crippen LogP contribution in [0, 0.1) is 11.8 Å². The lowest BCUT2D eigenvalue weighted by molar-refractivity contribution is -0.126. The van der Waals surface area contributed by atoms with E-state index >= 15 is 0 Å². The van der Waals surface area contributed by atoms with Gasteiger partial charge >= 0.3 is 6.09 Å². The number of nitrogens with zero attached hydrogens (tertiary/aromatic N) is 2. The van der Waals surface area contributed by atoms with Gasteiger partial charge in [0.2, 0.25) is 17.6 Å². The number of nitrogens with one attached hydrogen (secondary N) is 2. The molecule has 10 heteroatoms. The Labute approximate surface area is 294 Å². The Morgan fingerprint density at radius 2 is 1.54 bits per heavy atom. The van der Waals surface area contributed by atoms with Crippen LogP contribution < -0.4 is 10.6 Å². The lowest BCUT2D eigenvalue weighted by Crippen LogP contribution is -2.45. The molecule has 0 saturated carbocycles. The number of likely N-dealkylation sites (tertiary alicyclic amines) is 1. The van der Waals surface area contributed by atoms with Crippen LogP contribution in [0.5, 0.6) is 0 Å². The molecule has 0 bridgehead atoms. The molecule has 3 amide bonds. The summed E-state index contributed by atoms with van der Waals surface area (Å²) in [5.41, 5.74) is 3.48. The van der Waals surface area contributed by atoms with Gasteiger partial charge in [-0.3, -0.25) is 14.4 Å². The van der Waals surface area contributed by atoms with Crippen LogP contribution in [-0.4, -0.2) is 65.4 Å². The molecule has 264 valence electrons. The van der Waals surface area contributed by atoms with Crippen molar-refractivity contribution in [3.63, 3.8) is 0 Å². The minimum Gasteiger partial charge on any atom is -0.444 e. The Morgan fingerprint density at radius 3 is 2.22 bits per heavy atom. The molecule has 0 radical (unpaired) electrons. The van der Waals surface area contributed by atoms with Crippen molar-refractivity contribution in [3.8, 4) is 11.1 Å². The van der Waals surface area contributed by atoms with Crippen molar-refractivity contribution in [3.05, 3.63) is 90.3 Å². The number of aromatic nitrogens is 1. The monoisotopic (exact) mass is 680 g/mol. The zero-order chi connectivity index (χ0) is 35.7. The molecule has 2 unspecified atom stereocenters. The van der Waals surface area contributed by atoms with Crippen molar-refractivity contribution in [2.75, 3.05) is 26.2 Å². The molecule has 2 heterocycles. The number of ketones is 1. The second-order valence-corrected chi connectivity index (χ2v) is 14.2. The van der Waals surface area contributed by atoms with Gasteiger partial charge in [-0.15, -0.1) is 0 Å². The van der Waals surface area contributed by atoms with Crippen molar-refractivity contribution in [1.29, 1.82) is 0 Å². The molecule has 50 heavy (non-hydrogen) atoms. The van der Waals surface area contributed by atoms with Gasteiger partial charge in [0, 0.05) is 38.5 Å². The number of fused-ring (bicyclic) bond motifs is 1. The molecule has 3 aromatic carbocycles. The van der Waals surface area contributed by atoms with Crippen LogP contribution in [0.3, 0.4) is 0 Å². The summed E-state index contributed by atoms with van der Waals surface area (Å²) in [6.07, 6.45) is 2.20. The summed E-state index contributed by atoms with van der Waals surface area (Å²) in [5, 5.41) is 5.98. The fourth-order valence-corrected chi connectivity index (χ4v) is 6.21. The first kappa shape index (κ1) is 36.3. The third-order valence-electron chi connectivity index (χ3n) is 8.97. The molecule has 1 aliphatic rings. The number of oxazole rings is 1. The zero-order valence-corrected chi connectivity index (χ0v) is 29.4. The number of carbonyl (C=O) groups is 4. The molecular weight excluding hydrogens is 632 g/mol. The average molecular weight is 681 g/mol. The third-order valence-corrected chi connectivity index (χ3v) is 8.97. The summed E-state index contributed by atoms with van der Waals surface area (Å²) in [7, 11) is 0. The molecule has 0 spiro atoms. The van der Waals surface area contributed by atoms with Gasteiger partial charge in [-0.1, -0.05) is 73.7 Å². The van der Waals surface area contributed by atoms with Crippen LogP contribution in [0.2, 0.25) is 0 Å². The van der Waals surface area contributed by atoms with Crippen LogP contribution in [0.4, 0.5) is 4.79 Å². The SMILES string of the molecule is CC(CCNC(=O)C1CCN(C(=O)OC(C)(C)C)CC1)CC(=O)NCCC(C(=O)c1nc2cc(-c3ccccc3)ccc2o1)c1ccccc1. The van der Waals surface area contributed by atoms with Crippen molar-refractivity contribution in [2.24, 2.45) is 11.8 Å². The molecular formula is C40H48N4O6. The molecule has 1 aromatic heterocycles. The normalized spacial score (nSPS) is 14.9. The molecule has 2 atom stereocenters. The van der Waals surface area contributed by atoms with Crippen molar-refractivity contribution >= 4 is 34.8 Å². The van der Waals surface area contributed by atoms with Gasteiger partial charge in [-0.2, -0.15) is 0 Å². The van der Waals surface area contributed by atoms with Gasteiger partial charge in [0.15, 0.2) is 5.58 Å². The van der Waals surface area contributed by atoms with Gasteiger partial charge in [-0.25, -0.2) is 9.78 Å². The highest BCUT2D eigenvalue weighted by atomic mass is 16.6. The summed E-state index contributed by atoms with van der Waals surface area (Å²) in [6.45, 7) is 9.26. The van der Waals surface area contributed by atoms with Crippen LogP contribution in [0.25, 0.3) is 22.2 Å². The molecule has 0 aliphatic carbocycles. The topological polar surface area (TPSA) is 131 Å². The number of ether oxygens (including phenoxy) is 1. The van der Waals surface area contributed by atoms with Crippen molar-refractivity contribution < 1.29 is 28.3 Å². The van der Waals surface area contributed by atoms with E-state index in [0.717, 1.165) is 16.7 Å². The van der Waals surface area contributed by atoms with Crippen LogP contribution in [-0.2, 0) is 14.3 Å². The number of hydrogen-bond donors (Lipinski definition) is 2. The maximum absolute atomic E-state index is 13.8. The number of carbonyl (C=O) groups excluding carboxylic acids is 4. The first-order chi connectivity index (χ1) is 24.0.